The van der Waals surface area contributed by atoms with Crippen LogP contribution in [0.5, 0.6) is 0 Å². The van der Waals surface area contributed by atoms with Gasteiger partial charge < -0.3 is 5.32 Å². The minimum absolute atomic E-state index is 0.180. The summed E-state index contributed by atoms with van der Waals surface area (Å²) in [6.07, 6.45) is -8.14. The summed E-state index contributed by atoms with van der Waals surface area (Å²) in [5, 5.41) is 3.83. The van der Waals surface area contributed by atoms with E-state index in [1.165, 1.54) is 17.5 Å². The topological polar surface area (TPSA) is 29.3 Å². The molecule has 21 heavy (non-hydrogen) atoms. The number of alkyl halides is 6. The van der Waals surface area contributed by atoms with Gasteiger partial charge in [-0.2, -0.15) is 26.3 Å². The van der Waals surface area contributed by atoms with Crippen molar-refractivity contribution < 1.29 is 26.3 Å². The van der Waals surface area contributed by atoms with Crippen molar-refractivity contribution in [2.45, 2.75) is 24.8 Å². The minimum atomic E-state index is -5.37. The van der Waals surface area contributed by atoms with Gasteiger partial charge in [0.1, 0.15) is 0 Å². The molecule has 2 aromatic rings. The average molecular weight is 331 g/mol. The maximum Gasteiger partial charge on any atom is 0.402 e. The van der Waals surface area contributed by atoms with E-state index in [4.69, 9.17) is 0 Å². The van der Waals surface area contributed by atoms with Crippen LogP contribution in [-0.4, -0.2) is 34.8 Å². The normalized spacial score (nSPS) is 15.0. The molecule has 1 atom stereocenters. The van der Waals surface area contributed by atoms with E-state index in [0.717, 1.165) is 7.05 Å². The van der Waals surface area contributed by atoms with Crippen molar-refractivity contribution in [2.75, 3.05) is 7.05 Å². The summed E-state index contributed by atoms with van der Waals surface area (Å²) in [5.41, 5.74) is 0.180. The number of nitrogens with one attached hydrogen (secondary N) is 1. The van der Waals surface area contributed by atoms with E-state index in [9.17, 15) is 26.3 Å². The van der Waals surface area contributed by atoms with Crippen molar-refractivity contribution in [3.8, 4) is 0 Å². The molecule has 0 aliphatic heterocycles. The number of likely N-dealkylation sites (N-methyl/N-ethyl adjacent to an activating group) is 1. The third kappa shape index (κ3) is 3.49. The van der Waals surface area contributed by atoms with Gasteiger partial charge in [-0.15, -0.1) is 11.3 Å². The SMILES string of the molecule is CNC(Cc1cn2ccsc2n1)C(C(F)(F)F)C(F)(F)F. The molecule has 0 aliphatic rings. The summed E-state index contributed by atoms with van der Waals surface area (Å²) in [6, 6.07) is -1.82. The fraction of sp³-hybridized carbons (Fsp3) is 0.545. The highest BCUT2D eigenvalue weighted by Crippen LogP contribution is 2.42. The van der Waals surface area contributed by atoms with Gasteiger partial charge in [0.2, 0.25) is 0 Å². The van der Waals surface area contributed by atoms with E-state index in [-0.39, 0.29) is 5.69 Å². The van der Waals surface area contributed by atoms with Gasteiger partial charge in [-0.3, -0.25) is 4.40 Å². The first kappa shape index (κ1) is 16.1. The molecule has 10 heteroatoms. The highest BCUT2D eigenvalue weighted by Gasteiger charge is 2.59. The van der Waals surface area contributed by atoms with Crippen LogP contribution in [0.2, 0.25) is 0 Å². The number of aromatic nitrogens is 2. The van der Waals surface area contributed by atoms with Gasteiger partial charge in [0, 0.05) is 30.2 Å². The van der Waals surface area contributed by atoms with E-state index < -0.39 is 30.7 Å². The molecular formula is C11H11F6N3S. The number of rotatable bonds is 4. The molecule has 118 valence electrons. The van der Waals surface area contributed by atoms with Crippen LogP contribution in [0.1, 0.15) is 5.69 Å². The van der Waals surface area contributed by atoms with Crippen LogP contribution in [-0.2, 0) is 6.42 Å². The Bertz CT molecular complexity index is 556. The standard InChI is InChI=1S/C11H11F6N3S/c1-18-7(8(10(12,13)14)11(15,16)17)4-6-5-20-2-3-21-9(20)19-6/h2-3,5,7-8,18H,4H2,1H3. The number of imidazole rings is 1. The van der Waals surface area contributed by atoms with Gasteiger partial charge in [-0.1, -0.05) is 0 Å². The zero-order valence-electron chi connectivity index (χ0n) is 10.7. The lowest BCUT2D eigenvalue weighted by Crippen LogP contribution is -2.51. The van der Waals surface area contributed by atoms with Gasteiger partial charge in [0.05, 0.1) is 5.69 Å². The molecule has 0 aromatic carbocycles. The summed E-state index contributed by atoms with van der Waals surface area (Å²) in [7, 11) is 1.08. The van der Waals surface area contributed by atoms with E-state index in [1.807, 2.05) is 0 Å². The first-order valence-corrected chi connectivity index (χ1v) is 6.72. The Morgan fingerprint density at radius 1 is 1.24 bits per heavy atom. The molecule has 3 nitrogen and oxygen atoms in total. The summed E-state index contributed by atoms with van der Waals surface area (Å²) in [4.78, 5) is 4.54. The molecule has 0 bridgehead atoms. The van der Waals surface area contributed by atoms with Crippen molar-refractivity contribution >= 4 is 16.3 Å². The fourth-order valence-electron chi connectivity index (χ4n) is 2.13. The van der Waals surface area contributed by atoms with E-state index in [2.05, 4.69) is 10.3 Å². The number of nitrogens with zero attached hydrogens (tertiary/aromatic N) is 2. The number of hydrogen-bond donors (Lipinski definition) is 1. The van der Waals surface area contributed by atoms with Gasteiger partial charge in [0.25, 0.3) is 0 Å². The van der Waals surface area contributed by atoms with Crippen LogP contribution in [0.15, 0.2) is 17.8 Å². The minimum Gasteiger partial charge on any atom is -0.316 e. The lowest BCUT2D eigenvalue weighted by Gasteiger charge is -2.30. The van der Waals surface area contributed by atoms with Crippen LogP contribution in [0.3, 0.4) is 0 Å². The Morgan fingerprint density at radius 3 is 2.33 bits per heavy atom. The molecule has 1 unspecified atom stereocenters. The molecule has 0 saturated carbocycles. The second-order valence-corrected chi connectivity index (χ2v) is 5.36. The van der Waals surface area contributed by atoms with Crippen LogP contribution in [0.25, 0.3) is 4.96 Å². The second-order valence-electron chi connectivity index (χ2n) is 4.49. The van der Waals surface area contributed by atoms with E-state index >= 15 is 0 Å². The highest BCUT2D eigenvalue weighted by molar-refractivity contribution is 7.15. The number of fused-ring (bicyclic) bond motifs is 1. The second kappa shape index (κ2) is 5.48. The highest BCUT2D eigenvalue weighted by atomic mass is 32.1. The van der Waals surface area contributed by atoms with Crippen LogP contribution < -0.4 is 5.32 Å². The largest absolute Gasteiger partial charge is 0.402 e. The average Bonchev–Trinajstić information content (AvgIpc) is 2.84. The van der Waals surface area contributed by atoms with Gasteiger partial charge in [0.15, 0.2) is 10.9 Å². The summed E-state index contributed by atoms with van der Waals surface area (Å²) >= 11 is 1.25. The Labute approximate surface area is 119 Å². The molecule has 0 saturated heterocycles. The third-order valence-corrected chi connectivity index (χ3v) is 3.82. The van der Waals surface area contributed by atoms with Crippen molar-refractivity contribution in [1.29, 1.82) is 0 Å². The quantitative estimate of drug-likeness (QED) is 0.872. The Kier molecular flexibility index (Phi) is 4.20. The van der Waals surface area contributed by atoms with Crippen LogP contribution >= 0.6 is 11.3 Å². The summed E-state index contributed by atoms with van der Waals surface area (Å²) in [6.45, 7) is 0. The maximum absolute atomic E-state index is 12.7. The number of thiazole rings is 1. The van der Waals surface area contributed by atoms with Crippen molar-refractivity contribution in [2.24, 2.45) is 5.92 Å². The van der Waals surface area contributed by atoms with Crippen LogP contribution in [0, 0.1) is 5.92 Å². The Balaban J connectivity index is 2.26. The predicted molar refractivity (Wildman–Crippen MR) is 65.2 cm³/mol. The maximum atomic E-state index is 12.7. The van der Waals surface area contributed by atoms with Gasteiger partial charge >= 0.3 is 12.4 Å². The molecule has 0 radical (unpaired) electrons. The molecule has 2 heterocycles. The van der Waals surface area contributed by atoms with Crippen LogP contribution in [0.4, 0.5) is 26.3 Å². The van der Waals surface area contributed by atoms with Crippen molar-refractivity contribution in [1.82, 2.24) is 14.7 Å². The van der Waals surface area contributed by atoms with Gasteiger partial charge in [-0.25, -0.2) is 4.98 Å². The molecule has 0 amide bonds. The van der Waals surface area contributed by atoms with Crippen molar-refractivity contribution in [3.63, 3.8) is 0 Å². The molecule has 0 aliphatic carbocycles. The molecule has 0 fully saturated rings. The first-order valence-electron chi connectivity index (χ1n) is 5.84. The van der Waals surface area contributed by atoms with Crippen molar-refractivity contribution in [3.05, 3.63) is 23.5 Å². The van der Waals surface area contributed by atoms with E-state index in [0.29, 0.717) is 4.96 Å². The Morgan fingerprint density at radius 2 is 1.86 bits per heavy atom. The molecule has 1 N–H and O–H groups in total. The summed E-state index contributed by atoms with van der Waals surface area (Å²) < 4.78 is 77.9. The lowest BCUT2D eigenvalue weighted by atomic mass is 9.94. The zero-order valence-corrected chi connectivity index (χ0v) is 11.5. The molecular weight excluding hydrogens is 320 g/mol. The fourth-order valence-corrected chi connectivity index (χ4v) is 2.85. The first-order chi connectivity index (χ1) is 9.63. The Hall–Kier alpha value is -1.29. The van der Waals surface area contributed by atoms with E-state index in [1.54, 1.807) is 16.0 Å². The third-order valence-electron chi connectivity index (χ3n) is 3.05. The monoisotopic (exact) mass is 331 g/mol. The van der Waals surface area contributed by atoms with Gasteiger partial charge in [-0.05, 0) is 7.05 Å². The molecule has 2 aromatic heterocycles. The number of halogens is 6. The number of hydrogen-bond acceptors (Lipinski definition) is 3. The lowest BCUT2D eigenvalue weighted by molar-refractivity contribution is -0.291. The molecule has 0 spiro atoms. The smallest absolute Gasteiger partial charge is 0.316 e. The molecule has 2 rings (SSSR count). The summed E-state index contributed by atoms with van der Waals surface area (Å²) in [5.74, 6) is -3.44. The zero-order chi connectivity index (χ0) is 15.8. The predicted octanol–water partition coefficient (Wildman–Crippen LogP) is 3.27.